The number of allylic oxidation sites excluding steroid dienone is 12. The number of ether oxygens (including phenoxy) is 3. The molecule has 1 unspecified atom stereocenters. The first-order valence-corrected chi connectivity index (χ1v) is 25.5. The Hall–Kier alpha value is -2.66. The Balaban J connectivity index is 4.31. The lowest BCUT2D eigenvalue weighted by Crippen LogP contribution is -2.30. The average Bonchev–Trinajstić information content (AvgIpc) is 3.25. The maximum Gasteiger partial charge on any atom is 0.306 e. The van der Waals surface area contributed by atoms with Crippen LogP contribution in [0, 0.1) is 0 Å². The lowest BCUT2D eigenvalue weighted by atomic mass is 10.0. The molecule has 0 spiro atoms. The molecule has 5 nitrogen and oxygen atoms in total. The van der Waals surface area contributed by atoms with E-state index in [2.05, 4.69) is 93.7 Å². The molecule has 5 heteroatoms. The molecular formula is C55H96O5. The number of rotatable bonds is 46. The average molecular weight is 837 g/mol. The van der Waals surface area contributed by atoms with Crippen molar-refractivity contribution in [2.45, 2.75) is 245 Å². The third-order valence-electron chi connectivity index (χ3n) is 10.7. The highest BCUT2D eigenvalue weighted by atomic mass is 16.6. The van der Waals surface area contributed by atoms with Crippen molar-refractivity contribution in [1.29, 1.82) is 0 Å². The van der Waals surface area contributed by atoms with Crippen LogP contribution < -0.4 is 0 Å². The Kier molecular flexibility index (Phi) is 48.4. The second-order valence-corrected chi connectivity index (χ2v) is 16.7. The van der Waals surface area contributed by atoms with Gasteiger partial charge in [-0.15, -0.1) is 0 Å². The van der Waals surface area contributed by atoms with E-state index in [1.165, 1.54) is 109 Å². The van der Waals surface area contributed by atoms with Gasteiger partial charge in [-0.3, -0.25) is 9.59 Å². The van der Waals surface area contributed by atoms with Crippen LogP contribution in [0.3, 0.4) is 0 Å². The summed E-state index contributed by atoms with van der Waals surface area (Å²) in [5.41, 5.74) is 0. The van der Waals surface area contributed by atoms with Crippen LogP contribution in [-0.4, -0.2) is 37.9 Å². The highest BCUT2D eigenvalue weighted by molar-refractivity contribution is 5.70. The topological polar surface area (TPSA) is 61.8 Å². The summed E-state index contributed by atoms with van der Waals surface area (Å²) in [5, 5.41) is 0. The highest BCUT2D eigenvalue weighted by Crippen LogP contribution is 2.15. The quantitative estimate of drug-likeness (QED) is 0.0347. The number of hydrogen-bond donors (Lipinski definition) is 0. The van der Waals surface area contributed by atoms with E-state index >= 15 is 0 Å². The number of carbonyl (C=O) groups excluding carboxylic acids is 2. The van der Waals surface area contributed by atoms with Crippen molar-refractivity contribution in [1.82, 2.24) is 0 Å². The summed E-state index contributed by atoms with van der Waals surface area (Å²) in [6.07, 6.45) is 64.8. The monoisotopic (exact) mass is 837 g/mol. The van der Waals surface area contributed by atoms with Crippen LogP contribution in [0.1, 0.15) is 239 Å². The third-order valence-corrected chi connectivity index (χ3v) is 10.7. The largest absolute Gasteiger partial charge is 0.462 e. The van der Waals surface area contributed by atoms with Crippen molar-refractivity contribution in [3.05, 3.63) is 72.9 Å². The molecule has 0 aliphatic rings. The fourth-order valence-electron chi connectivity index (χ4n) is 7.01. The highest BCUT2D eigenvalue weighted by Gasteiger charge is 2.17. The van der Waals surface area contributed by atoms with E-state index in [0.717, 1.165) is 96.3 Å². The Bertz CT molecular complexity index is 1080. The van der Waals surface area contributed by atoms with Crippen LogP contribution >= 0.6 is 0 Å². The Morgan fingerprint density at radius 2 is 0.750 bits per heavy atom. The molecule has 0 heterocycles. The van der Waals surface area contributed by atoms with Gasteiger partial charge in [0.2, 0.25) is 0 Å². The standard InChI is InChI=1S/C55H96O5/c1-4-7-10-13-16-19-22-25-27-29-32-35-38-41-44-47-50-58-51-53(60-55(57)49-46-43-40-37-34-30-24-21-18-15-12-9-6-3)52-59-54(56)48-45-42-39-36-33-31-28-26-23-20-17-14-11-8-5-2/h7-8,10-11,16-17,19-20,25-28,53H,4-6,9,12-15,18,21-24,29-52H2,1-3H3/b10-7-,11-8-,19-16-,20-17-,27-25-,28-26-. The van der Waals surface area contributed by atoms with Crippen LogP contribution in [0.5, 0.6) is 0 Å². The first-order valence-electron chi connectivity index (χ1n) is 25.5. The summed E-state index contributed by atoms with van der Waals surface area (Å²) in [6.45, 7) is 7.57. The molecule has 0 fully saturated rings. The van der Waals surface area contributed by atoms with Gasteiger partial charge < -0.3 is 14.2 Å². The van der Waals surface area contributed by atoms with Crippen LogP contribution in [-0.2, 0) is 23.8 Å². The maximum atomic E-state index is 12.8. The van der Waals surface area contributed by atoms with E-state index in [9.17, 15) is 9.59 Å². The van der Waals surface area contributed by atoms with Crippen LogP contribution in [0.4, 0.5) is 0 Å². The molecule has 0 aromatic carbocycles. The van der Waals surface area contributed by atoms with Gasteiger partial charge in [-0.25, -0.2) is 0 Å². The van der Waals surface area contributed by atoms with Gasteiger partial charge in [0.15, 0.2) is 6.10 Å². The number of unbranched alkanes of at least 4 members (excludes halogenated alkanes) is 23. The zero-order chi connectivity index (χ0) is 43.5. The van der Waals surface area contributed by atoms with E-state index < -0.39 is 6.10 Å². The van der Waals surface area contributed by atoms with Gasteiger partial charge in [-0.1, -0.05) is 216 Å². The van der Waals surface area contributed by atoms with Crippen LogP contribution in [0.25, 0.3) is 0 Å². The molecule has 346 valence electrons. The predicted octanol–water partition coefficient (Wildman–Crippen LogP) is 17.1. The van der Waals surface area contributed by atoms with Crippen molar-refractivity contribution >= 4 is 11.9 Å². The maximum absolute atomic E-state index is 12.8. The van der Waals surface area contributed by atoms with Crippen LogP contribution in [0.15, 0.2) is 72.9 Å². The molecule has 0 N–H and O–H groups in total. The Morgan fingerprint density at radius 1 is 0.383 bits per heavy atom. The summed E-state index contributed by atoms with van der Waals surface area (Å²) in [7, 11) is 0. The molecule has 1 atom stereocenters. The van der Waals surface area contributed by atoms with Gasteiger partial charge >= 0.3 is 11.9 Å². The normalized spacial score (nSPS) is 12.8. The first kappa shape index (κ1) is 57.3. The zero-order valence-electron chi connectivity index (χ0n) is 39.7. The molecule has 0 saturated heterocycles. The Labute approximate surface area is 372 Å². The van der Waals surface area contributed by atoms with E-state index in [-0.39, 0.29) is 25.2 Å². The predicted molar refractivity (Wildman–Crippen MR) is 260 cm³/mol. The summed E-state index contributed by atoms with van der Waals surface area (Å²) in [4.78, 5) is 25.4. The lowest BCUT2D eigenvalue weighted by Gasteiger charge is -2.18. The van der Waals surface area contributed by atoms with Crippen molar-refractivity contribution < 1.29 is 23.8 Å². The SMILES string of the molecule is CC/C=C\C/C=C\C/C=C\CCCCCCCCOCC(COC(=O)CCCCCCC/C=C\C/C=C\C/C=C\CC)OC(=O)CCCCCCCCCCCCCCC. The zero-order valence-corrected chi connectivity index (χ0v) is 39.7. The van der Waals surface area contributed by atoms with Gasteiger partial charge in [0.25, 0.3) is 0 Å². The smallest absolute Gasteiger partial charge is 0.306 e. The summed E-state index contributed by atoms with van der Waals surface area (Å²) >= 11 is 0. The summed E-state index contributed by atoms with van der Waals surface area (Å²) < 4.78 is 17.4. The minimum Gasteiger partial charge on any atom is -0.462 e. The number of carbonyl (C=O) groups is 2. The fraction of sp³-hybridized carbons (Fsp3) is 0.745. The molecule has 0 aromatic heterocycles. The van der Waals surface area contributed by atoms with Gasteiger partial charge in [0.05, 0.1) is 6.61 Å². The van der Waals surface area contributed by atoms with Gasteiger partial charge in [0.1, 0.15) is 6.61 Å². The minimum atomic E-state index is -0.550. The van der Waals surface area contributed by atoms with Crippen molar-refractivity contribution in [3.63, 3.8) is 0 Å². The van der Waals surface area contributed by atoms with Gasteiger partial charge in [0, 0.05) is 19.4 Å². The number of hydrogen-bond acceptors (Lipinski definition) is 5. The molecule has 0 aliphatic heterocycles. The first-order chi connectivity index (χ1) is 29.6. The van der Waals surface area contributed by atoms with Crippen LogP contribution in [0.2, 0.25) is 0 Å². The van der Waals surface area contributed by atoms with Gasteiger partial charge in [-0.2, -0.15) is 0 Å². The molecule has 0 bridgehead atoms. The molecule has 0 rings (SSSR count). The van der Waals surface area contributed by atoms with E-state index in [1.807, 2.05) is 0 Å². The molecule has 60 heavy (non-hydrogen) atoms. The second kappa shape index (κ2) is 50.7. The molecule has 0 radical (unpaired) electrons. The second-order valence-electron chi connectivity index (χ2n) is 16.7. The van der Waals surface area contributed by atoms with Crippen molar-refractivity contribution in [3.8, 4) is 0 Å². The fourth-order valence-corrected chi connectivity index (χ4v) is 7.01. The molecule has 0 aliphatic carbocycles. The van der Waals surface area contributed by atoms with Crippen molar-refractivity contribution in [2.75, 3.05) is 19.8 Å². The van der Waals surface area contributed by atoms with E-state index in [4.69, 9.17) is 14.2 Å². The number of esters is 2. The molecule has 0 amide bonds. The Morgan fingerprint density at radius 3 is 1.20 bits per heavy atom. The third kappa shape index (κ3) is 48.0. The minimum absolute atomic E-state index is 0.0706. The van der Waals surface area contributed by atoms with Crippen molar-refractivity contribution in [2.24, 2.45) is 0 Å². The van der Waals surface area contributed by atoms with E-state index in [0.29, 0.717) is 19.4 Å². The molecule has 0 aromatic rings. The summed E-state index contributed by atoms with van der Waals surface area (Å²) in [6, 6.07) is 0. The summed E-state index contributed by atoms with van der Waals surface area (Å²) in [5.74, 6) is -0.420. The van der Waals surface area contributed by atoms with Gasteiger partial charge in [-0.05, 0) is 83.5 Å². The lowest BCUT2D eigenvalue weighted by molar-refractivity contribution is -0.163. The molecular weight excluding hydrogens is 741 g/mol. The van der Waals surface area contributed by atoms with E-state index in [1.54, 1.807) is 0 Å². The molecule has 0 saturated carbocycles.